The second-order valence-electron chi connectivity index (χ2n) is 4.91. The molecule has 0 aliphatic heterocycles. The van der Waals surface area contributed by atoms with Gasteiger partial charge < -0.3 is 10.6 Å². The molecule has 0 aliphatic carbocycles. The summed E-state index contributed by atoms with van der Waals surface area (Å²) in [5, 5.41) is 6.26. The molecule has 1 aromatic rings. The van der Waals surface area contributed by atoms with Crippen LogP contribution >= 0.6 is 0 Å². The summed E-state index contributed by atoms with van der Waals surface area (Å²) < 4.78 is 0. The topological polar surface area (TPSA) is 41.1 Å². The molecule has 0 fully saturated rings. The maximum atomic E-state index is 11.5. The first-order valence-electron chi connectivity index (χ1n) is 7.26. The van der Waals surface area contributed by atoms with E-state index in [0.29, 0.717) is 6.42 Å². The number of carbonyl (C=O) groups excluding carboxylic acids is 1. The Bertz CT molecular complexity index is 377. The molecule has 0 bridgehead atoms. The minimum Gasteiger partial charge on any atom is -0.356 e. The van der Waals surface area contributed by atoms with Crippen molar-refractivity contribution in [2.75, 3.05) is 13.1 Å². The van der Waals surface area contributed by atoms with Crippen LogP contribution in [0.15, 0.2) is 24.3 Å². The third-order valence-electron chi connectivity index (χ3n) is 3.21. The molecule has 2 N–H and O–H groups in total. The predicted molar refractivity (Wildman–Crippen MR) is 80.0 cm³/mol. The van der Waals surface area contributed by atoms with Crippen LogP contribution in [0.2, 0.25) is 0 Å². The smallest absolute Gasteiger partial charge is 0.221 e. The first-order valence-corrected chi connectivity index (χ1v) is 7.26. The zero-order valence-corrected chi connectivity index (χ0v) is 12.2. The van der Waals surface area contributed by atoms with Crippen molar-refractivity contribution in [2.24, 2.45) is 0 Å². The average Bonchev–Trinajstić information content (AvgIpc) is 2.41. The third-order valence-corrected chi connectivity index (χ3v) is 3.21. The summed E-state index contributed by atoms with van der Waals surface area (Å²) in [4.78, 5) is 11.5. The summed E-state index contributed by atoms with van der Waals surface area (Å²) in [5.74, 6) is 0.147. The highest BCUT2D eigenvalue weighted by atomic mass is 16.1. The highest BCUT2D eigenvalue weighted by molar-refractivity contribution is 5.75. The van der Waals surface area contributed by atoms with Crippen molar-refractivity contribution in [1.29, 1.82) is 0 Å². The van der Waals surface area contributed by atoms with Gasteiger partial charge in [-0.3, -0.25) is 4.79 Å². The van der Waals surface area contributed by atoms with Gasteiger partial charge in [-0.1, -0.05) is 44.0 Å². The van der Waals surface area contributed by atoms with Crippen LogP contribution in [0.4, 0.5) is 0 Å². The largest absolute Gasteiger partial charge is 0.356 e. The third kappa shape index (κ3) is 6.97. The van der Waals surface area contributed by atoms with Crippen molar-refractivity contribution in [3.8, 4) is 0 Å². The van der Waals surface area contributed by atoms with Gasteiger partial charge in [0.05, 0.1) is 0 Å². The van der Waals surface area contributed by atoms with Crippen LogP contribution in [0.3, 0.4) is 0 Å². The molecule has 0 saturated heterocycles. The molecule has 0 spiro atoms. The predicted octanol–water partition coefficient (Wildman–Crippen LogP) is 2.78. The molecule has 19 heavy (non-hydrogen) atoms. The van der Waals surface area contributed by atoms with Gasteiger partial charge >= 0.3 is 0 Å². The standard InChI is InChI=1S/C16H26N2O/c1-3-4-7-11-18-16(19)10-12-17-13-15-9-6-5-8-14(15)2/h5-6,8-9,17H,3-4,7,10-13H2,1-2H3,(H,18,19). The van der Waals surface area contributed by atoms with E-state index >= 15 is 0 Å². The lowest BCUT2D eigenvalue weighted by atomic mass is 10.1. The van der Waals surface area contributed by atoms with Gasteiger partial charge in [-0.25, -0.2) is 0 Å². The van der Waals surface area contributed by atoms with E-state index < -0.39 is 0 Å². The molecule has 0 saturated carbocycles. The lowest BCUT2D eigenvalue weighted by Gasteiger charge is -2.08. The van der Waals surface area contributed by atoms with Crippen molar-refractivity contribution in [3.63, 3.8) is 0 Å². The van der Waals surface area contributed by atoms with Crippen LogP contribution in [0.25, 0.3) is 0 Å². The second-order valence-corrected chi connectivity index (χ2v) is 4.91. The summed E-state index contributed by atoms with van der Waals surface area (Å²) in [6.45, 7) is 6.64. The van der Waals surface area contributed by atoms with E-state index in [1.807, 2.05) is 12.1 Å². The van der Waals surface area contributed by atoms with Crippen molar-refractivity contribution < 1.29 is 4.79 Å². The highest BCUT2D eigenvalue weighted by Gasteiger charge is 2.00. The van der Waals surface area contributed by atoms with Crippen LogP contribution < -0.4 is 10.6 Å². The molecule has 1 rings (SSSR count). The number of aryl methyl sites for hydroxylation is 1. The van der Waals surface area contributed by atoms with Gasteiger partial charge in [-0.15, -0.1) is 0 Å². The number of unbranched alkanes of at least 4 members (excludes halogenated alkanes) is 2. The quantitative estimate of drug-likeness (QED) is 0.672. The number of rotatable bonds is 9. The van der Waals surface area contributed by atoms with E-state index in [2.05, 4.69) is 36.6 Å². The van der Waals surface area contributed by atoms with Crippen molar-refractivity contribution >= 4 is 5.91 Å². The lowest BCUT2D eigenvalue weighted by molar-refractivity contribution is -0.121. The molecule has 1 aromatic carbocycles. The Morgan fingerprint density at radius 1 is 1.16 bits per heavy atom. The summed E-state index contributed by atoms with van der Waals surface area (Å²) >= 11 is 0. The maximum absolute atomic E-state index is 11.5. The van der Waals surface area contributed by atoms with Gasteiger partial charge in [0.15, 0.2) is 0 Å². The summed E-state index contributed by atoms with van der Waals surface area (Å²) in [6, 6.07) is 8.32. The highest BCUT2D eigenvalue weighted by Crippen LogP contribution is 2.05. The van der Waals surface area contributed by atoms with E-state index in [-0.39, 0.29) is 5.91 Å². The maximum Gasteiger partial charge on any atom is 0.221 e. The van der Waals surface area contributed by atoms with Gasteiger partial charge in [-0.2, -0.15) is 0 Å². The zero-order valence-electron chi connectivity index (χ0n) is 12.2. The number of hydrogen-bond donors (Lipinski definition) is 2. The number of benzene rings is 1. The molecular formula is C16H26N2O. The minimum atomic E-state index is 0.147. The first kappa shape index (κ1) is 15.7. The summed E-state index contributed by atoms with van der Waals surface area (Å²) in [7, 11) is 0. The number of hydrogen-bond acceptors (Lipinski definition) is 2. The molecule has 106 valence electrons. The van der Waals surface area contributed by atoms with Gasteiger partial charge in [0.2, 0.25) is 5.91 Å². The van der Waals surface area contributed by atoms with Crippen molar-refractivity contribution in [3.05, 3.63) is 35.4 Å². The van der Waals surface area contributed by atoms with Crippen molar-refractivity contribution in [2.45, 2.75) is 46.1 Å². The molecular weight excluding hydrogens is 236 g/mol. The Morgan fingerprint density at radius 3 is 2.68 bits per heavy atom. The molecule has 1 amide bonds. The molecule has 0 aromatic heterocycles. The Balaban J connectivity index is 2.07. The minimum absolute atomic E-state index is 0.147. The molecule has 0 unspecified atom stereocenters. The van der Waals surface area contributed by atoms with E-state index in [0.717, 1.165) is 26.1 Å². The van der Waals surface area contributed by atoms with Crippen molar-refractivity contribution in [1.82, 2.24) is 10.6 Å². The molecule has 0 heterocycles. The first-order chi connectivity index (χ1) is 9.24. The van der Waals surface area contributed by atoms with Crippen LogP contribution in [0.5, 0.6) is 0 Å². The Hall–Kier alpha value is -1.35. The fraction of sp³-hybridized carbons (Fsp3) is 0.562. The average molecular weight is 262 g/mol. The number of nitrogens with one attached hydrogen (secondary N) is 2. The van der Waals surface area contributed by atoms with Crippen LogP contribution in [-0.4, -0.2) is 19.0 Å². The zero-order chi connectivity index (χ0) is 13.9. The fourth-order valence-electron chi connectivity index (χ4n) is 1.92. The summed E-state index contributed by atoms with van der Waals surface area (Å²) in [5.41, 5.74) is 2.59. The Labute approximate surface area is 116 Å². The molecule has 0 radical (unpaired) electrons. The normalized spacial score (nSPS) is 10.4. The van der Waals surface area contributed by atoms with E-state index in [1.165, 1.54) is 24.0 Å². The van der Waals surface area contributed by atoms with Crippen LogP contribution in [-0.2, 0) is 11.3 Å². The molecule has 0 aliphatic rings. The van der Waals surface area contributed by atoms with E-state index in [1.54, 1.807) is 0 Å². The fourth-order valence-corrected chi connectivity index (χ4v) is 1.92. The van der Waals surface area contributed by atoms with E-state index in [9.17, 15) is 4.79 Å². The van der Waals surface area contributed by atoms with E-state index in [4.69, 9.17) is 0 Å². The Morgan fingerprint density at radius 2 is 1.95 bits per heavy atom. The monoisotopic (exact) mass is 262 g/mol. The van der Waals surface area contributed by atoms with Crippen LogP contribution in [0.1, 0.15) is 43.7 Å². The lowest BCUT2D eigenvalue weighted by Crippen LogP contribution is -2.28. The molecule has 3 nitrogen and oxygen atoms in total. The van der Waals surface area contributed by atoms with Gasteiger partial charge in [0, 0.05) is 26.1 Å². The van der Waals surface area contributed by atoms with Gasteiger partial charge in [0.1, 0.15) is 0 Å². The SMILES string of the molecule is CCCCCNC(=O)CCNCc1ccccc1C. The van der Waals surface area contributed by atoms with Gasteiger partial charge in [-0.05, 0) is 24.5 Å². The summed E-state index contributed by atoms with van der Waals surface area (Å²) in [6.07, 6.45) is 4.01. The molecule has 3 heteroatoms. The Kier molecular flexibility index (Phi) is 7.91. The van der Waals surface area contributed by atoms with Gasteiger partial charge in [0.25, 0.3) is 0 Å². The second kappa shape index (κ2) is 9.56. The number of carbonyl (C=O) groups is 1. The van der Waals surface area contributed by atoms with Crippen LogP contribution in [0, 0.1) is 6.92 Å². The molecule has 0 atom stereocenters. The number of amides is 1.